The average molecular weight is 278 g/mol. The molecule has 0 bridgehead atoms. The molecule has 4 nitrogen and oxygen atoms in total. The van der Waals surface area contributed by atoms with E-state index in [2.05, 4.69) is 30.9 Å². The Morgan fingerprint density at radius 1 is 1.50 bits per heavy atom. The lowest BCUT2D eigenvalue weighted by Crippen LogP contribution is -2.36. The molecule has 0 aromatic heterocycles. The quantitative estimate of drug-likeness (QED) is 0.916. The summed E-state index contributed by atoms with van der Waals surface area (Å²) in [5, 5.41) is 0. The molecule has 1 heterocycles. The number of ether oxygens (including phenoxy) is 2. The molecule has 2 N–H and O–H groups in total. The third-order valence-electron chi connectivity index (χ3n) is 3.78. The second-order valence-corrected chi connectivity index (χ2v) is 5.65. The number of benzene rings is 1. The average Bonchev–Trinajstić information content (AvgIpc) is 2.63. The topological polar surface area (TPSA) is 47.7 Å². The number of nitrogens with zero attached hydrogens (tertiary/aromatic N) is 1. The highest BCUT2D eigenvalue weighted by atomic mass is 16.5. The Bertz CT molecular complexity index is 436. The molecule has 2 rings (SSSR count). The van der Waals surface area contributed by atoms with Gasteiger partial charge in [-0.25, -0.2) is 0 Å². The third-order valence-corrected chi connectivity index (χ3v) is 3.78. The maximum absolute atomic E-state index is 6.41. The van der Waals surface area contributed by atoms with Crippen LogP contribution in [0.3, 0.4) is 0 Å². The van der Waals surface area contributed by atoms with Crippen LogP contribution in [-0.4, -0.2) is 44.4 Å². The zero-order chi connectivity index (χ0) is 14.5. The van der Waals surface area contributed by atoms with E-state index in [0.29, 0.717) is 0 Å². The van der Waals surface area contributed by atoms with Crippen molar-refractivity contribution in [3.63, 3.8) is 0 Å². The Morgan fingerprint density at radius 3 is 3.05 bits per heavy atom. The summed E-state index contributed by atoms with van der Waals surface area (Å²) in [5.41, 5.74) is 8.71. The van der Waals surface area contributed by atoms with Crippen LogP contribution >= 0.6 is 0 Å². The van der Waals surface area contributed by atoms with Crippen LogP contribution in [-0.2, 0) is 4.74 Å². The Morgan fingerprint density at radius 2 is 2.30 bits per heavy atom. The van der Waals surface area contributed by atoms with Crippen molar-refractivity contribution >= 4 is 0 Å². The van der Waals surface area contributed by atoms with Gasteiger partial charge in [0.15, 0.2) is 0 Å². The van der Waals surface area contributed by atoms with E-state index in [4.69, 9.17) is 15.2 Å². The van der Waals surface area contributed by atoms with Gasteiger partial charge in [0, 0.05) is 37.8 Å². The summed E-state index contributed by atoms with van der Waals surface area (Å²) in [6.07, 6.45) is 1.35. The highest BCUT2D eigenvalue weighted by Gasteiger charge is 2.20. The summed E-state index contributed by atoms with van der Waals surface area (Å²) in [4.78, 5) is 2.39. The Hall–Kier alpha value is -1.10. The molecule has 0 spiro atoms. The number of methoxy groups -OCH3 is 1. The van der Waals surface area contributed by atoms with Crippen molar-refractivity contribution in [1.82, 2.24) is 4.90 Å². The molecular weight excluding hydrogens is 252 g/mol. The summed E-state index contributed by atoms with van der Waals surface area (Å²) in [6, 6.07) is 6.15. The molecule has 1 aromatic carbocycles. The van der Waals surface area contributed by atoms with E-state index < -0.39 is 0 Å². The number of rotatable bonds is 4. The predicted octanol–water partition coefficient (Wildman–Crippen LogP) is 2.11. The van der Waals surface area contributed by atoms with Crippen molar-refractivity contribution in [3.05, 3.63) is 29.3 Å². The van der Waals surface area contributed by atoms with Crippen molar-refractivity contribution in [1.29, 1.82) is 0 Å². The molecule has 1 fully saturated rings. The minimum atomic E-state index is -0.0323. The molecule has 0 saturated carbocycles. The van der Waals surface area contributed by atoms with Gasteiger partial charge in [-0.2, -0.15) is 0 Å². The lowest BCUT2D eigenvalue weighted by molar-refractivity contribution is 0.0670. The Labute approximate surface area is 121 Å². The van der Waals surface area contributed by atoms with Gasteiger partial charge in [-0.15, -0.1) is 0 Å². The fraction of sp³-hybridized carbons (Fsp3) is 0.625. The third kappa shape index (κ3) is 3.95. The van der Waals surface area contributed by atoms with E-state index in [1.54, 1.807) is 7.11 Å². The first kappa shape index (κ1) is 15.3. The maximum atomic E-state index is 6.41. The van der Waals surface area contributed by atoms with Crippen molar-refractivity contribution < 1.29 is 9.47 Å². The van der Waals surface area contributed by atoms with Gasteiger partial charge in [0.1, 0.15) is 5.75 Å². The molecule has 0 radical (unpaired) electrons. The normalized spacial score (nSPS) is 22.3. The Kier molecular flexibility index (Phi) is 5.40. The van der Waals surface area contributed by atoms with Crippen molar-refractivity contribution in [3.8, 4) is 5.75 Å². The largest absolute Gasteiger partial charge is 0.496 e. The maximum Gasteiger partial charge on any atom is 0.123 e. The van der Waals surface area contributed by atoms with E-state index in [1.807, 2.05) is 6.07 Å². The number of hydrogen-bond donors (Lipinski definition) is 1. The van der Waals surface area contributed by atoms with E-state index in [9.17, 15) is 0 Å². The standard InChI is InChI=1S/C16H26N2O2/c1-12-5-6-16(19-3)14(9-12)15(17)11-18-7-4-8-20-13(2)10-18/h5-6,9,13,15H,4,7-8,10-11,17H2,1-3H3. The van der Waals surface area contributed by atoms with Crippen LogP contribution in [0, 0.1) is 6.92 Å². The SMILES string of the molecule is COc1ccc(C)cc1C(N)CN1CCCOC(C)C1. The van der Waals surface area contributed by atoms with Gasteiger partial charge < -0.3 is 15.2 Å². The van der Waals surface area contributed by atoms with E-state index >= 15 is 0 Å². The van der Waals surface area contributed by atoms with E-state index in [-0.39, 0.29) is 12.1 Å². The highest BCUT2D eigenvalue weighted by molar-refractivity contribution is 5.39. The highest BCUT2D eigenvalue weighted by Crippen LogP contribution is 2.26. The van der Waals surface area contributed by atoms with Gasteiger partial charge in [-0.1, -0.05) is 17.7 Å². The minimum Gasteiger partial charge on any atom is -0.496 e. The second-order valence-electron chi connectivity index (χ2n) is 5.65. The molecule has 1 aliphatic heterocycles. The summed E-state index contributed by atoms with van der Waals surface area (Å²) >= 11 is 0. The number of nitrogens with two attached hydrogens (primary N) is 1. The van der Waals surface area contributed by atoms with Crippen molar-refractivity contribution in [2.24, 2.45) is 5.73 Å². The monoisotopic (exact) mass is 278 g/mol. The zero-order valence-corrected chi connectivity index (χ0v) is 12.8. The van der Waals surface area contributed by atoms with Crippen molar-refractivity contribution in [2.45, 2.75) is 32.4 Å². The molecule has 2 unspecified atom stereocenters. The smallest absolute Gasteiger partial charge is 0.123 e. The van der Waals surface area contributed by atoms with Gasteiger partial charge in [0.05, 0.1) is 13.2 Å². The molecular formula is C16H26N2O2. The molecule has 2 atom stereocenters. The molecule has 112 valence electrons. The second kappa shape index (κ2) is 7.07. The number of hydrogen-bond acceptors (Lipinski definition) is 4. The Balaban J connectivity index is 2.07. The first-order chi connectivity index (χ1) is 9.60. The van der Waals surface area contributed by atoms with Gasteiger partial charge in [0.25, 0.3) is 0 Å². The van der Waals surface area contributed by atoms with Crippen LogP contribution in [0.1, 0.15) is 30.5 Å². The first-order valence-corrected chi connectivity index (χ1v) is 7.34. The van der Waals surface area contributed by atoms with Crippen LogP contribution in [0.15, 0.2) is 18.2 Å². The van der Waals surface area contributed by atoms with Crippen LogP contribution in [0.5, 0.6) is 5.75 Å². The molecule has 4 heteroatoms. The summed E-state index contributed by atoms with van der Waals surface area (Å²) in [7, 11) is 1.70. The summed E-state index contributed by atoms with van der Waals surface area (Å²) < 4.78 is 11.1. The van der Waals surface area contributed by atoms with Crippen LogP contribution in [0.4, 0.5) is 0 Å². The number of aryl methyl sites for hydroxylation is 1. The van der Waals surface area contributed by atoms with Crippen LogP contribution < -0.4 is 10.5 Å². The fourth-order valence-corrected chi connectivity index (χ4v) is 2.77. The molecule has 1 saturated heterocycles. The lowest BCUT2D eigenvalue weighted by atomic mass is 10.0. The van der Waals surface area contributed by atoms with Gasteiger partial charge >= 0.3 is 0 Å². The minimum absolute atomic E-state index is 0.0323. The molecule has 0 aliphatic carbocycles. The molecule has 1 aromatic rings. The summed E-state index contributed by atoms with van der Waals surface area (Å²) in [5.74, 6) is 0.877. The van der Waals surface area contributed by atoms with Crippen LogP contribution in [0.2, 0.25) is 0 Å². The van der Waals surface area contributed by atoms with Gasteiger partial charge in [-0.05, 0) is 26.3 Å². The molecule has 20 heavy (non-hydrogen) atoms. The van der Waals surface area contributed by atoms with Crippen molar-refractivity contribution in [2.75, 3.05) is 33.4 Å². The molecule has 1 aliphatic rings. The summed E-state index contributed by atoms with van der Waals surface area (Å²) in [6.45, 7) is 7.89. The van der Waals surface area contributed by atoms with Crippen LogP contribution in [0.25, 0.3) is 0 Å². The lowest BCUT2D eigenvalue weighted by Gasteiger charge is -2.26. The fourth-order valence-electron chi connectivity index (χ4n) is 2.77. The predicted molar refractivity (Wildman–Crippen MR) is 81.1 cm³/mol. The van der Waals surface area contributed by atoms with Gasteiger partial charge in [0.2, 0.25) is 0 Å². The molecule has 0 amide bonds. The zero-order valence-electron chi connectivity index (χ0n) is 12.8. The first-order valence-electron chi connectivity index (χ1n) is 7.34. The van der Waals surface area contributed by atoms with E-state index in [1.165, 1.54) is 5.56 Å². The van der Waals surface area contributed by atoms with E-state index in [0.717, 1.165) is 44.0 Å². The van der Waals surface area contributed by atoms with Gasteiger partial charge in [-0.3, -0.25) is 4.90 Å².